The molecule has 1 aromatic heterocycles. The molecule has 1 unspecified atom stereocenters. The molecule has 3 nitrogen and oxygen atoms in total. The third-order valence-electron chi connectivity index (χ3n) is 2.45. The Bertz CT molecular complexity index is 531. The van der Waals surface area contributed by atoms with Gasteiger partial charge in [-0.05, 0) is 42.8 Å². The molecule has 0 amide bonds. The third kappa shape index (κ3) is 2.82. The molecule has 1 aromatic carbocycles. The summed E-state index contributed by atoms with van der Waals surface area (Å²) in [6.45, 7) is 1.97. The van der Waals surface area contributed by atoms with Crippen LogP contribution >= 0.6 is 0 Å². The summed E-state index contributed by atoms with van der Waals surface area (Å²) in [5.41, 5.74) is 1.66. The maximum atomic E-state index is 8.80. The molecule has 3 heteroatoms. The van der Waals surface area contributed by atoms with Crippen LogP contribution in [-0.4, -0.2) is 4.98 Å². The molecule has 0 aliphatic carbocycles. The van der Waals surface area contributed by atoms with Gasteiger partial charge in [0, 0.05) is 12.4 Å². The zero-order valence-corrected chi connectivity index (χ0v) is 9.50. The van der Waals surface area contributed by atoms with E-state index in [2.05, 4.69) is 11.1 Å². The first kappa shape index (κ1) is 11.2. The summed E-state index contributed by atoms with van der Waals surface area (Å²) in [6.07, 6.45) is 3.41. The van der Waals surface area contributed by atoms with Gasteiger partial charge in [0.15, 0.2) is 0 Å². The number of pyridine rings is 1. The van der Waals surface area contributed by atoms with Crippen molar-refractivity contribution in [3.05, 3.63) is 59.9 Å². The van der Waals surface area contributed by atoms with Crippen molar-refractivity contribution in [1.82, 2.24) is 4.98 Å². The van der Waals surface area contributed by atoms with Crippen molar-refractivity contribution in [2.45, 2.75) is 13.0 Å². The Kier molecular flexibility index (Phi) is 3.37. The summed E-state index contributed by atoms with van der Waals surface area (Å²) in [5.74, 6) is 0.702. The average molecular weight is 224 g/mol. The fraction of sp³-hybridized carbons (Fsp3) is 0.143. The van der Waals surface area contributed by atoms with Crippen LogP contribution in [0.1, 0.15) is 24.2 Å². The molecule has 0 N–H and O–H groups in total. The minimum absolute atomic E-state index is 0.0630. The van der Waals surface area contributed by atoms with Crippen molar-refractivity contribution < 1.29 is 4.74 Å². The van der Waals surface area contributed by atoms with Gasteiger partial charge in [-0.1, -0.05) is 6.07 Å². The summed E-state index contributed by atoms with van der Waals surface area (Å²) < 4.78 is 5.76. The standard InChI is InChI=1S/C14H12N2O/c1-11(13-5-7-16-8-6-13)17-14-4-2-3-12(9-14)10-15/h2-9,11H,1H3. The molecule has 1 atom stereocenters. The van der Waals surface area contributed by atoms with Gasteiger partial charge in [-0.25, -0.2) is 0 Å². The molecule has 0 bridgehead atoms. The number of nitrogens with zero attached hydrogens (tertiary/aromatic N) is 2. The summed E-state index contributed by atoms with van der Waals surface area (Å²) in [7, 11) is 0. The number of benzene rings is 1. The highest BCUT2D eigenvalue weighted by molar-refractivity contribution is 5.36. The van der Waals surface area contributed by atoms with Gasteiger partial charge in [0.25, 0.3) is 0 Å². The highest BCUT2D eigenvalue weighted by Crippen LogP contribution is 2.21. The second kappa shape index (κ2) is 5.13. The summed E-state index contributed by atoms with van der Waals surface area (Å²) in [5, 5.41) is 8.80. The second-order valence-electron chi connectivity index (χ2n) is 3.68. The van der Waals surface area contributed by atoms with Crippen molar-refractivity contribution in [2.24, 2.45) is 0 Å². The SMILES string of the molecule is CC(Oc1cccc(C#N)c1)c1ccncc1. The molecule has 0 spiro atoms. The largest absolute Gasteiger partial charge is 0.486 e. The van der Waals surface area contributed by atoms with Crippen LogP contribution < -0.4 is 4.74 Å². The predicted molar refractivity (Wildman–Crippen MR) is 64.4 cm³/mol. The monoisotopic (exact) mass is 224 g/mol. The van der Waals surface area contributed by atoms with Crippen LogP contribution in [0.5, 0.6) is 5.75 Å². The first-order valence-corrected chi connectivity index (χ1v) is 5.36. The smallest absolute Gasteiger partial charge is 0.121 e. The van der Waals surface area contributed by atoms with E-state index in [1.165, 1.54) is 0 Å². The second-order valence-corrected chi connectivity index (χ2v) is 3.68. The molecule has 2 rings (SSSR count). The summed E-state index contributed by atoms with van der Waals surface area (Å²) in [4.78, 5) is 3.96. The van der Waals surface area contributed by atoms with Crippen molar-refractivity contribution >= 4 is 0 Å². The zero-order chi connectivity index (χ0) is 12.1. The van der Waals surface area contributed by atoms with Crippen LogP contribution in [0.15, 0.2) is 48.8 Å². The third-order valence-corrected chi connectivity index (χ3v) is 2.45. The fourth-order valence-electron chi connectivity index (χ4n) is 1.55. The first-order valence-electron chi connectivity index (χ1n) is 5.36. The lowest BCUT2D eigenvalue weighted by Gasteiger charge is -2.14. The van der Waals surface area contributed by atoms with Crippen LogP contribution in [-0.2, 0) is 0 Å². The van der Waals surface area contributed by atoms with Gasteiger partial charge in [0.2, 0.25) is 0 Å². The highest BCUT2D eigenvalue weighted by Gasteiger charge is 2.06. The van der Waals surface area contributed by atoms with E-state index < -0.39 is 0 Å². The van der Waals surface area contributed by atoms with E-state index in [9.17, 15) is 0 Å². The van der Waals surface area contributed by atoms with E-state index >= 15 is 0 Å². The molecule has 84 valence electrons. The van der Waals surface area contributed by atoms with Crippen molar-refractivity contribution in [2.75, 3.05) is 0 Å². The lowest BCUT2D eigenvalue weighted by Crippen LogP contribution is -2.03. The molecule has 0 saturated heterocycles. The Morgan fingerprint density at radius 2 is 2.00 bits per heavy atom. The quantitative estimate of drug-likeness (QED) is 0.804. The minimum Gasteiger partial charge on any atom is -0.486 e. The molecule has 0 aliphatic rings. The van der Waals surface area contributed by atoms with Crippen LogP contribution in [0.2, 0.25) is 0 Å². The Morgan fingerprint density at radius 3 is 2.71 bits per heavy atom. The Morgan fingerprint density at radius 1 is 1.24 bits per heavy atom. The zero-order valence-electron chi connectivity index (χ0n) is 9.50. The van der Waals surface area contributed by atoms with Crippen molar-refractivity contribution in [3.63, 3.8) is 0 Å². The molecule has 17 heavy (non-hydrogen) atoms. The molecule has 0 aliphatic heterocycles. The van der Waals surface area contributed by atoms with Crippen molar-refractivity contribution in [3.8, 4) is 11.8 Å². The maximum Gasteiger partial charge on any atom is 0.121 e. The van der Waals surface area contributed by atoms with E-state index in [1.807, 2.05) is 31.2 Å². The van der Waals surface area contributed by atoms with Gasteiger partial charge >= 0.3 is 0 Å². The average Bonchev–Trinajstić information content (AvgIpc) is 2.40. The number of ether oxygens (including phenoxy) is 1. The highest BCUT2D eigenvalue weighted by atomic mass is 16.5. The number of hydrogen-bond acceptors (Lipinski definition) is 3. The molecule has 2 aromatic rings. The molecule has 0 radical (unpaired) electrons. The normalized spacial score (nSPS) is 11.5. The Hall–Kier alpha value is -2.34. The van der Waals surface area contributed by atoms with E-state index in [1.54, 1.807) is 24.5 Å². The number of hydrogen-bond donors (Lipinski definition) is 0. The fourth-order valence-corrected chi connectivity index (χ4v) is 1.55. The van der Waals surface area contributed by atoms with Crippen LogP contribution in [0.25, 0.3) is 0 Å². The van der Waals surface area contributed by atoms with Gasteiger partial charge in [0.05, 0.1) is 11.6 Å². The van der Waals surface area contributed by atoms with Crippen molar-refractivity contribution in [1.29, 1.82) is 5.26 Å². The lowest BCUT2D eigenvalue weighted by molar-refractivity contribution is 0.227. The van der Waals surface area contributed by atoms with Gasteiger partial charge in [-0.2, -0.15) is 5.26 Å². The van der Waals surface area contributed by atoms with Crippen LogP contribution in [0.3, 0.4) is 0 Å². The minimum atomic E-state index is -0.0630. The molecule has 0 fully saturated rings. The van der Waals surface area contributed by atoms with Gasteiger partial charge < -0.3 is 4.74 Å². The molecular formula is C14H12N2O. The Balaban J connectivity index is 2.13. The van der Waals surface area contributed by atoms with Gasteiger partial charge in [-0.3, -0.25) is 4.98 Å². The predicted octanol–water partition coefficient (Wildman–Crippen LogP) is 3.09. The van der Waals surface area contributed by atoms with Crippen LogP contribution in [0.4, 0.5) is 0 Å². The molecule has 1 heterocycles. The van der Waals surface area contributed by atoms with E-state index in [0.29, 0.717) is 11.3 Å². The van der Waals surface area contributed by atoms with E-state index in [0.717, 1.165) is 5.56 Å². The molecular weight excluding hydrogens is 212 g/mol. The summed E-state index contributed by atoms with van der Waals surface area (Å²) in [6, 6.07) is 13.1. The van der Waals surface area contributed by atoms with Gasteiger partial charge in [0.1, 0.15) is 11.9 Å². The first-order chi connectivity index (χ1) is 8.29. The topological polar surface area (TPSA) is 45.9 Å². The number of aromatic nitrogens is 1. The van der Waals surface area contributed by atoms with E-state index in [-0.39, 0.29) is 6.10 Å². The summed E-state index contributed by atoms with van der Waals surface area (Å²) >= 11 is 0. The maximum absolute atomic E-state index is 8.80. The number of rotatable bonds is 3. The molecule has 0 saturated carbocycles. The Labute approximate surface area is 100 Å². The number of nitriles is 1. The lowest BCUT2D eigenvalue weighted by atomic mass is 10.1. The van der Waals surface area contributed by atoms with Gasteiger partial charge in [-0.15, -0.1) is 0 Å². The van der Waals surface area contributed by atoms with Crippen LogP contribution in [0, 0.1) is 11.3 Å². The van der Waals surface area contributed by atoms with E-state index in [4.69, 9.17) is 10.00 Å².